The highest BCUT2D eigenvalue weighted by Gasteiger charge is 2.27. The average Bonchev–Trinajstić information content (AvgIpc) is 2.75. The molecule has 8 heteroatoms. The normalized spacial score (nSPS) is 11.3. The summed E-state index contributed by atoms with van der Waals surface area (Å²) in [6.45, 7) is 1.57. The minimum Gasteiger partial charge on any atom is -0.477 e. The molecular formula is C12H10BrNO4S2. The van der Waals surface area contributed by atoms with Gasteiger partial charge in [-0.05, 0) is 45.9 Å². The number of nitrogens with one attached hydrogen (secondary N) is 1. The smallest absolute Gasteiger partial charge is 0.347 e. The molecule has 0 fully saturated rings. The molecule has 0 amide bonds. The van der Waals surface area contributed by atoms with Gasteiger partial charge in [-0.3, -0.25) is 4.72 Å². The number of rotatable bonds is 4. The molecule has 0 radical (unpaired) electrons. The molecule has 2 N–H and O–H groups in total. The van der Waals surface area contributed by atoms with E-state index in [1.807, 2.05) is 0 Å². The van der Waals surface area contributed by atoms with Crippen molar-refractivity contribution in [1.29, 1.82) is 0 Å². The van der Waals surface area contributed by atoms with E-state index < -0.39 is 16.0 Å². The van der Waals surface area contributed by atoms with E-state index in [2.05, 4.69) is 20.7 Å². The number of carboxylic acids is 1. The van der Waals surface area contributed by atoms with Gasteiger partial charge >= 0.3 is 5.97 Å². The Morgan fingerprint density at radius 1 is 1.35 bits per heavy atom. The fraction of sp³-hybridized carbons (Fsp3) is 0.0833. The first-order chi connectivity index (χ1) is 9.33. The number of para-hydroxylation sites is 1. The highest BCUT2D eigenvalue weighted by Crippen LogP contribution is 2.30. The number of sulfonamides is 1. The molecule has 5 nitrogen and oxygen atoms in total. The molecule has 1 aromatic heterocycles. The average molecular weight is 376 g/mol. The van der Waals surface area contributed by atoms with Crippen molar-refractivity contribution in [2.75, 3.05) is 4.72 Å². The van der Waals surface area contributed by atoms with Crippen LogP contribution < -0.4 is 4.72 Å². The Morgan fingerprint density at radius 2 is 2.00 bits per heavy atom. The first kappa shape index (κ1) is 15.0. The van der Waals surface area contributed by atoms with Crippen LogP contribution in [0.15, 0.2) is 39.0 Å². The van der Waals surface area contributed by atoms with E-state index in [1.165, 1.54) is 5.38 Å². The zero-order valence-electron chi connectivity index (χ0n) is 10.3. The predicted octanol–water partition coefficient (Wildman–Crippen LogP) is 3.32. The lowest BCUT2D eigenvalue weighted by Gasteiger charge is -2.10. The molecule has 1 aromatic carbocycles. The largest absolute Gasteiger partial charge is 0.477 e. The third-order valence-electron chi connectivity index (χ3n) is 2.50. The van der Waals surface area contributed by atoms with Gasteiger partial charge < -0.3 is 5.11 Å². The van der Waals surface area contributed by atoms with Gasteiger partial charge in [0.05, 0.1) is 5.69 Å². The van der Waals surface area contributed by atoms with Crippen molar-refractivity contribution >= 4 is 48.9 Å². The molecular weight excluding hydrogens is 366 g/mol. The minimum atomic E-state index is -3.95. The standard InChI is InChI=1S/C12H10BrNO4S2/c1-7-6-19-10(12(15)16)11(7)20(17,18)14-9-5-3-2-4-8(9)13/h2-6,14H,1H3,(H,15,16). The van der Waals surface area contributed by atoms with Gasteiger partial charge in [-0.15, -0.1) is 11.3 Å². The fourth-order valence-electron chi connectivity index (χ4n) is 1.65. The maximum Gasteiger partial charge on any atom is 0.347 e. The monoisotopic (exact) mass is 375 g/mol. The topological polar surface area (TPSA) is 83.5 Å². The summed E-state index contributed by atoms with van der Waals surface area (Å²) in [4.78, 5) is 10.7. The summed E-state index contributed by atoms with van der Waals surface area (Å²) in [5.41, 5.74) is 0.765. The van der Waals surface area contributed by atoms with Crippen LogP contribution in [0.5, 0.6) is 0 Å². The Labute approximate surface area is 128 Å². The molecule has 0 aliphatic heterocycles. The van der Waals surface area contributed by atoms with E-state index in [0.717, 1.165) is 11.3 Å². The van der Waals surface area contributed by atoms with Gasteiger partial charge in [0.2, 0.25) is 0 Å². The number of benzene rings is 1. The molecule has 2 rings (SSSR count). The van der Waals surface area contributed by atoms with E-state index >= 15 is 0 Å². The highest BCUT2D eigenvalue weighted by atomic mass is 79.9. The van der Waals surface area contributed by atoms with Crippen LogP contribution in [0.25, 0.3) is 0 Å². The van der Waals surface area contributed by atoms with Crippen molar-refractivity contribution in [1.82, 2.24) is 0 Å². The van der Waals surface area contributed by atoms with Gasteiger partial charge in [0.1, 0.15) is 9.77 Å². The van der Waals surface area contributed by atoms with Gasteiger partial charge in [-0.25, -0.2) is 13.2 Å². The first-order valence-corrected chi connectivity index (χ1v) is 8.57. The zero-order chi connectivity index (χ0) is 14.9. The molecule has 0 spiro atoms. The van der Waals surface area contributed by atoms with Gasteiger partial charge in [-0.2, -0.15) is 0 Å². The van der Waals surface area contributed by atoms with Crippen LogP contribution >= 0.6 is 27.3 Å². The van der Waals surface area contributed by atoms with Crippen molar-refractivity contribution in [3.8, 4) is 0 Å². The van der Waals surface area contributed by atoms with Crippen LogP contribution in [0.3, 0.4) is 0 Å². The number of hydrogen-bond donors (Lipinski definition) is 2. The Morgan fingerprint density at radius 3 is 2.60 bits per heavy atom. The summed E-state index contributed by atoms with van der Waals surface area (Å²) < 4.78 is 27.7. The van der Waals surface area contributed by atoms with Gasteiger partial charge in [0, 0.05) is 4.47 Å². The number of thiophene rings is 1. The number of carbonyl (C=O) groups is 1. The molecule has 0 saturated carbocycles. The van der Waals surface area contributed by atoms with Crippen molar-refractivity contribution in [3.05, 3.63) is 44.6 Å². The molecule has 0 atom stereocenters. The number of aryl methyl sites for hydroxylation is 1. The Hall–Kier alpha value is -1.38. The van der Waals surface area contributed by atoms with Crippen molar-refractivity contribution < 1.29 is 18.3 Å². The quantitative estimate of drug-likeness (QED) is 0.858. The number of anilines is 1. The van der Waals surface area contributed by atoms with Crippen LogP contribution in [-0.4, -0.2) is 19.5 Å². The lowest BCUT2D eigenvalue weighted by Crippen LogP contribution is -2.16. The maximum atomic E-state index is 12.4. The van der Waals surface area contributed by atoms with E-state index in [4.69, 9.17) is 5.11 Å². The molecule has 2 aromatic rings. The summed E-state index contributed by atoms with van der Waals surface area (Å²) in [6, 6.07) is 6.71. The lowest BCUT2D eigenvalue weighted by atomic mass is 10.3. The molecule has 106 valence electrons. The van der Waals surface area contributed by atoms with Crippen LogP contribution in [-0.2, 0) is 10.0 Å². The molecule has 0 unspecified atom stereocenters. The minimum absolute atomic E-state index is 0.189. The van der Waals surface area contributed by atoms with Crippen molar-refractivity contribution in [2.45, 2.75) is 11.8 Å². The summed E-state index contributed by atoms with van der Waals surface area (Å²) >= 11 is 4.13. The molecule has 0 aliphatic carbocycles. The summed E-state index contributed by atoms with van der Waals surface area (Å²) in [6.07, 6.45) is 0. The Kier molecular flexibility index (Phi) is 4.17. The number of carboxylic acid groups (broad SMARTS) is 1. The molecule has 0 aliphatic rings. The van der Waals surface area contributed by atoms with Crippen LogP contribution in [0.2, 0.25) is 0 Å². The second kappa shape index (κ2) is 5.55. The lowest BCUT2D eigenvalue weighted by molar-refractivity contribution is 0.0698. The second-order valence-corrected chi connectivity index (χ2v) is 7.32. The third kappa shape index (κ3) is 2.87. The predicted molar refractivity (Wildman–Crippen MR) is 81.0 cm³/mol. The van der Waals surface area contributed by atoms with Gasteiger partial charge in [0.25, 0.3) is 10.0 Å². The zero-order valence-corrected chi connectivity index (χ0v) is 13.5. The summed E-state index contributed by atoms with van der Waals surface area (Å²) in [5, 5.41) is 10.6. The Balaban J connectivity index is 2.49. The van der Waals surface area contributed by atoms with Crippen molar-refractivity contribution in [3.63, 3.8) is 0 Å². The van der Waals surface area contributed by atoms with E-state index in [1.54, 1.807) is 31.2 Å². The number of aromatic carboxylic acids is 1. The van der Waals surface area contributed by atoms with Crippen LogP contribution in [0.1, 0.15) is 15.2 Å². The van der Waals surface area contributed by atoms with Crippen LogP contribution in [0, 0.1) is 6.92 Å². The first-order valence-electron chi connectivity index (χ1n) is 5.41. The SMILES string of the molecule is Cc1csc(C(=O)O)c1S(=O)(=O)Nc1ccccc1Br. The highest BCUT2D eigenvalue weighted by molar-refractivity contribution is 9.10. The van der Waals surface area contributed by atoms with E-state index in [0.29, 0.717) is 15.7 Å². The number of halogens is 1. The van der Waals surface area contributed by atoms with E-state index in [9.17, 15) is 13.2 Å². The fourth-order valence-corrected chi connectivity index (χ4v) is 4.88. The van der Waals surface area contributed by atoms with Gasteiger partial charge in [0.15, 0.2) is 0 Å². The van der Waals surface area contributed by atoms with Crippen LogP contribution in [0.4, 0.5) is 5.69 Å². The van der Waals surface area contributed by atoms with Gasteiger partial charge in [-0.1, -0.05) is 12.1 Å². The summed E-state index contributed by atoms with van der Waals surface area (Å²) in [5.74, 6) is -1.25. The molecule has 0 bridgehead atoms. The third-order valence-corrected chi connectivity index (χ3v) is 5.96. The Bertz CT molecular complexity index is 768. The van der Waals surface area contributed by atoms with Crippen molar-refractivity contribution in [2.24, 2.45) is 0 Å². The molecule has 1 heterocycles. The maximum absolute atomic E-state index is 12.4. The number of hydrogen-bond acceptors (Lipinski definition) is 4. The molecule has 20 heavy (non-hydrogen) atoms. The van der Waals surface area contributed by atoms with E-state index in [-0.39, 0.29) is 9.77 Å². The molecule has 0 saturated heterocycles. The summed E-state index contributed by atoms with van der Waals surface area (Å²) in [7, 11) is -3.95. The second-order valence-electron chi connectivity index (χ2n) is 3.97.